The first-order chi connectivity index (χ1) is 7.13. The van der Waals surface area contributed by atoms with Crippen molar-refractivity contribution in [2.45, 2.75) is 13.3 Å². The standard InChI is InChI=1S/C11H12BrFOS/c1-2-15-7-9(14)5-8-3-4-11(13)10(12)6-8/h3-4,6H,2,5,7H2,1H3. The highest BCUT2D eigenvalue weighted by molar-refractivity contribution is 9.10. The van der Waals surface area contributed by atoms with E-state index in [9.17, 15) is 9.18 Å². The van der Waals surface area contributed by atoms with Crippen LogP contribution in [0.3, 0.4) is 0 Å². The lowest BCUT2D eigenvalue weighted by Crippen LogP contribution is -2.06. The number of carbonyl (C=O) groups is 1. The van der Waals surface area contributed by atoms with Crippen molar-refractivity contribution in [2.75, 3.05) is 11.5 Å². The molecule has 1 rings (SSSR count). The van der Waals surface area contributed by atoms with Gasteiger partial charge < -0.3 is 0 Å². The van der Waals surface area contributed by atoms with E-state index in [1.807, 2.05) is 6.92 Å². The minimum atomic E-state index is -0.297. The van der Waals surface area contributed by atoms with E-state index in [4.69, 9.17) is 0 Å². The van der Waals surface area contributed by atoms with Crippen LogP contribution in [0.2, 0.25) is 0 Å². The molecule has 0 saturated heterocycles. The molecular formula is C11H12BrFOS. The smallest absolute Gasteiger partial charge is 0.147 e. The van der Waals surface area contributed by atoms with Gasteiger partial charge in [-0.25, -0.2) is 4.39 Å². The predicted octanol–water partition coefficient (Wildman–Crippen LogP) is 3.45. The van der Waals surface area contributed by atoms with Crippen LogP contribution < -0.4 is 0 Å². The maximum Gasteiger partial charge on any atom is 0.147 e. The first-order valence-corrected chi connectivity index (χ1v) is 6.61. The van der Waals surface area contributed by atoms with Gasteiger partial charge in [0.25, 0.3) is 0 Å². The third-order valence-corrected chi connectivity index (χ3v) is 3.39. The van der Waals surface area contributed by atoms with E-state index in [0.29, 0.717) is 16.6 Å². The molecule has 0 aliphatic rings. The number of ketones is 1. The fraction of sp³-hybridized carbons (Fsp3) is 0.364. The number of hydrogen-bond donors (Lipinski definition) is 0. The van der Waals surface area contributed by atoms with Crippen LogP contribution in [0.5, 0.6) is 0 Å². The Kier molecular flexibility index (Phi) is 5.32. The van der Waals surface area contributed by atoms with E-state index >= 15 is 0 Å². The first kappa shape index (κ1) is 12.7. The zero-order chi connectivity index (χ0) is 11.3. The zero-order valence-corrected chi connectivity index (χ0v) is 10.8. The van der Waals surface area contributed by atoms with E-state index in [0.717, 1.165) is 11.3 Å². The Bertz CT molecular complexity index is 354. The van der Waals surface area contributed by atoms with Crippen LogP contribution >= 0.6 is 27.7 Å². The van der Waals surface area contributed by atoms with Crippen LogP contribution in [0.4, 0.5) is 4.39 Å². The highest BCUT2D eigenvalue weighted by Crippen LogP contribution is 2.17. The number of thioether (sulfide) groups is 1. The number of halogens is 2. The molecule has 0 spiro atoms. The van der Waals surface area contributed by atoms with Crippen LogP contribution in [0.1, 0.15) is 12.5 Å². The van der Waals surface area contributed by atoms with E-state index < -0.39 is 0 Å². The summed E-state index contributed by atoms with van der Waals surface area (Å²) < 4.78 is 13.3. The molecular weight excluding hydrogens is 279 g/mol. The van der Waals surface area contributed by atoms with Gasteiger partial charge in [0.15, 0.2) is 0 Å². The number of carbonyl (C=O) groups excluding carboxylic acids is 1. The molecule has 0 saturated carbocycles. The molecule has 0 amide bonds. The van der Waals surface area contributed by atoms with Crippen molar-refractivity contribution in [2.24, 2.45) is 0 Å². The molecule has 1 aromatic carbocycles. The maximum atomic E-state index is 12.9. The highest BCUT2D eigenvalue weighted by atomic mass is 79.9. The van der Waals surface area contributed by atoms with Crippen molar-refractivity contribution in [3.8, 4) is 0 Å². The van der Waals surface area contributed by atoms with Crippen LogP contribution in [0.15, 0.2) is 22.7 Å². The molecule has 0 radical (unpaired) electrons. The first-order valence-electron chi connectivity index (χ1n) is 4.67. The van der Waals surface area contributed by atoms with Crippen molar-refractivity contribution in [1.29, 1.82) is 0 Å². The van der Waals surface area contributed by atoms with Gasteiger partial charge in [-0.1, -0.05) is 13.0 Å². The van der Waals surface area contributed by atoms with Gasteiger partial charge in [0, 0.05) is 6.42 Å². The van der Waals surface area contributed by atoms with Gasteiger partial charge in [-0.3, -0.25) is 4.79 Å². The molecule has 4 heteroatoms. The second-order valence-electron chi connectivity index (χ2n) is 3.10. The molecule has 0 bridgehead atoms. The molecule has 0 fully saturated rings. The van der Waals surface area contributed by atoms with Gasteiger partial charge in [0.05, 0.1) is 10.2 Å². The van der Waals surface area contributed by atoms with Gasteiger partial charge in [-0.2, -0.15) is 11.8 Å². The summed E-state index contributed by atoms with van der Waals surface area (Å²) >= 11 is 4.70. The predicted molar refractivity (Wildman–Crippen MR) is 65.8 cm³/mol. The van der Waals surface area contributed by atoms with E-state index in [1.165, 1.54) is 6.07 Å². The minimum Gasteiger partial charge on any atom is -0.298 e. The molecule has 0 aliphatic heterocycles. The summed E-state index contributed by atoms with van der Waals surface area (Å²) in [6, 6.07) is 4.68. The third kappa shape index (κ3) is 4.34. The molecule has 1 nitrogen and oxygen atoms in total. The molecule has 0 heterocycles. The van der Waals surface area contributed by atoms with Gasteiger partial charge >= 0.3 is 0 Å². The van der Waals surface area contributed by atoms with Gasteiger partial charge in [-0.15, -0.1) is 0 Å². The van der Waals surface area contributed by atoms with Crippen molar-refractivity contribution in [3.05, 3.63) is 34.1 Å². The third-order valence-electron chi connectivity index (χ3n) is 1.85. The zero-order valence-electron chi connectivity index (χ0n) is 8.43. The maximum absolute atomic E-state index is 12.9. The summed E-state index contributed by atoms with van der Waals surface area (Å²) in [4.78, 5) is 11.4. The fourth-order valence-corrected chi connectivity index (χ4v) is 2.10. The SMILES string of the molecule is CCSCC(=O)Cc1ccc(F)c(Br)c1. The summed E-state index contributed by atoms with van der Waals surface area (Å²) in [6.45, 7) is 2.02. The van der Waals surface area contributed by atoms with Crippen LogP contribution in [0, 0.1) is 5.82 Å². The Balaban J connectivity index is 2.57. The molecule has 1 aromatic rings. The van der Waals surface area contributed by atoms with E-state index in [1.54, 1.807) is 23.9 Å². The molecule has 0 aliphatic carbocycles. The van der Waals surface area contributed by atoms with E-state index in [2.05, 4.69) is 15.9 Å². The normalized spacial score (nSPS) is 10.3. The lowest BCUT2D eigenvalue weighted by molar-refractivity contribution is -0.116. The lowest BCUT2D eigenvalue weighted by Gasteiger charge is -2.02. The molecule has 0 N–H and O–H groups in total. The Morgan fingerprint density at radius 1 is 1.53 bits per heavy atom. The average Bonchev–Trinajstić information content (AvgIpc) is 2.20. The largest absolute Gasteiger partial charge is 0.298 e. The molecule has 0 unspecified atom stereocenters. The summed E-state index contributed by atoms with van der Waals surface area (Å²) in [7, 11) is 0. The number of hydrogen-bond acceptors (Lipinski definition) is 2. The van der Waals surface area contributed by atoms with Crippen LogP contribution in [-0.2, 0) is 11.2 Å². The Labute approximate surface area is 102 Å². The summed E-state index contributed by atoms with van der Waals surface area (Å²) in [6.07, 6.45) is 0.381. The number of Topliss-reactive ketones (excluding diaryl/α,β-unsaturated/α-hetero) is 1. The number of benzene rings is 1. The second kappa shape index (κ2) is 6.28. The Morgan fingerprint density at radius 2 is 2.27 bits per heavy atom. The van der Waals surface area contributed by atoms with Crippen LogP contribution in [-0.4, -0.2) is 17.3 Å². The van der Waals surface area contributed by atoms with E-state index in [-0.39, 0.29) is 11.6 Å². The fourth-order valence-electron chi connectivity index (χ4n) is 1.14. The molecule has 82 valence electrons. The van der Waals surface area contributed by atoms with Crippen molar-refractivity contribution < 1.29 is 9.18 Å². The summed E-state index contributed by atoms with van der Waals surface area (Å²) in [5.41, 5.74) is 0.852. The lowest BCUT2D eigenvalue weighted by atomic mass is 10.1. The Morgan fingerprint density at radius 3 is 2.87 bits per heavy atom. The van der Waals surface area contributed by atoms with Crippen LogP contribution in [0.25, 0.3) is 0 Å². The quantitative estimate of drug-likeness (QED) is 0.826. The molecule has 0 aromatic heterocycles. The van der Waals surface area contributed by atoms with Gasteiger partial charge in [0.1, 0.15) is 11.6 Å². The Hall–Kier alpha value is -0.350. The van der Waals surface area contributed by atoms with Gasteiger partial charge in [-0.05, 0) is 39.4 Å². The second-order valence-corrected chi connectivity index (χ2v) is 5.23. The topological polar surface area (TPSA) is 17.1 Å². The monoisotopic (exact) mass is 290 g/mol. The van der Waals surface area contributed by atoms with Crippen molar-refractivity contribution in [1.82, 2.24) is 0 Å². The highest BCUT2D eigenvalue weighted by Gasteiger charge is 2.05. The molecule has 0 atom stereocenters. The number of rotatable bonds is 5. The minimum absolute atomic E-state index is 0.181. The summed E-state index contributed by atoms with van der Waals surface area (Å²) in [5, 5.41) is 0. The van der Waals surface area contributed by atoms with Crippen molar-refractivity contribution in [3.63, 3.8) is 0 Å². The average molecular weight is 291 g/mol. The van der Waals surface area contributed by atoms with Gasteiger partial charge in [0.2, 0.25) is 0 Å². The summed E-state index contributed by atoms with van der Waals surface area (Å²) in [5.74, 6) is 1.36. The molecule has 15 heavy (non-hydrogen) atoms. The van der Waals surface area contributed by atoms with Crippen molar-refractivity contribution >= 4 is 33.5 Å².